The fraction of sp³-hybridized carbons (Fsp3) is 1.00. The van der Waals surface area contributed by atoms with Gasteiger partial charge in [0.2, 0.25) is 0 Å². The molecule has 0 rings (SSSR count). The Bertz CT molecular complexity index is 237. The lowest BCUT2D eigenvalue weighted by Gasteiger charge is -2.24. The maximum Gasteiger partial charge on any atom is 0.414 e. The third kappa shape index (κ3) is 6.59. The molecule has 2 unspecified atom stereocenters. The van der Waals surface area contributed by atoms with Crippen molar-refractivity contribution >= 4 is 0 Å². The van der Waals surface area contributed by atoms with Crippen molar-refractivity contribution in [2.75, 3.05) is 0 Å². The average molecular weight is 278 g/mol. The van der Waals surface area contributed by atoms with Crippen molar-refractivity contribution in [3.63, 3.8) is 0 Å². The zero-order valence-electron chi connectivity index (χ0n) is 7.92. The third-order valence-corrected chi connectivity index (χ3v) is 1.83. The molecule has 0 spiro atoms. The second kappa shape index (κ2) is 4.91. The predicted molar refractivity (Wildman–Crippen MR) is 36.9 cm³/mol. The highest BCUT2D eigenvalue weighted by molar-refractivity contribution is 4.78. The van der Waals surface area contributed by atoms with E-state index in [1.807, 2.05) is 0 Å². The first-order valence-electron chi connectivity index (χ1n) is 4.11. The Kier molecular flexibility index (Phi) is 4.71. The number of alkyl halides is 9. The molecule has 17 heavy (non-hydrogen) atoms. The highest BCUT2D eigenvalue weighted by Gasteiger charge is 2.50. The van der Waals surface area contributed by atoms with Gasteiger partial charge in [-0.05, 0) is 6.42 Å². The first-order chi connectivity index (χ1) is 7.23. The van der Waals surface area contributed by atoms with E-state index in [0.29, 0.717) is 0 Å². The summed E-state index contributed by atoms with van der Waals surface area (Å²) < 4.78 is 106. The molecule has 1 N–H and O–H groups in total. The van der Waals surface area contributed by atoms with Crippen LogP contribution in [0.25, 0.3) is 0 Å². The molecule has 0 aromatic heterocycles. The molecule has 0 radical (unpaired) electrons. The van der Waals surface area contributed by atoms with Crippen LogP contribution in [0.2, 0.25) is 0 Å². The minimum absolute atomic E-state index is 2.06. The summed E-state index contributed by atoms with van der Waals surface area (Å²) in [6.45, 7) is 0. The molecule has 0 aromatic rings. The molecule has 0 aromatic carbocycles. The van der Waals surface area contributed by atoms with Crippen molar-refractivity contribution in [2.45, 2.75) is 37.5 Å². The molecule has 0 aliphatic heterocycles. The van der Waals surface area contributed by atoms with Crippen molar-refractivity contribution < 1.29 is 44.6 Å². The molecule has 0 aliphatic carbocycles. The van der Waals surface area contributed by atoms with Crippen molar-refractivity contribution in [1.29, 1.82) is 0 Å². The number of halogens is 9. The first-order valence-corrected chi connectivity index (χ1v) is 4.11. The van der Waals surface area contributed by atoms with Crippen LogP contribution < -0.4 is 0 Å². The molecular weight excluding hydrogens is 271 g/mol. The van der Waals surface area contributed by atoms with Gasteiger partial charge in [-0.1, -0.05) is 0 Å². The summed E-state index contributed by atoms with van der Waals surface area (Å²) in [5.41, 5.74) is 0. The fourth-order valence-corrected chi connectivity index (χ4v) is 1.02. The van der Waals surface area contributed by atoms with E-state index in [4.69, 9.17) is 5.11 Å². The van der Waals surface area contributed by atoms with Gasteiger partial charge in [0.25, 0.3) is 0 Å². The molecule has 1 nitrogen and oxygen atoms in total. The zero-order chi connectivity index (χ0) is 14.1. The van der Waals surface area contributed by atoms with E-state index in [-0.39, 0.29) is 0 Å². The largest absolute Gasteiger partial charge is 0.414 e. The Morgan fingerprint density at radius 1 is 0.765 bits per heavy atom. The maximum absolute atomic E-state index is 12.0. The molecule has 0 aliphatic rings. The minimum atomic E-state index is -5.46. The van der Waals surface area contributed by atoms with Crippen molar-refractivity contribution in [2.24, 2.45) is 5.92 Å². The van der Waals surface area contributed by atoms with Crippen molar-refractivity contribution in [3.05, 3.63) is 0 Å². The van der Waals surface area contributed by atoms with Crippen molar-refractivity contribution in [1.82, 2.24) is 0 Å². The van der Waals surface area contributed by atoms with E-state index in [1.54, 1.807) is 0 Å². The Morgan fingerprint density at radius 2 is 1.18 bits per heavy atom. The number of hydrogen-bond acceptors (Lipinski definition) is 1. The van der Waals surface area contributed by atoms with Gasteiger partial charge in [0.05, 0.1) is 12.3 Å². The second-order valence-corrected chi connectivity index (χ2v) is 3.35. The van der Waals surface area contributed by atoms with Gasteiger partial charge < -0.3 is 5.11 Å². The summed E-state index contributed by atoms with van der Waals surface area (Å²) in [5.74, 6) is -3.28. The lowest BCUT2D eigenvalue weighted by molar-refractivity contribution is -0.249. The highest BCUT2D eigenvalue weighted by atomic mass is 19.4. The van der Waals surface area contributed by atoms with Crippen LogP contribution in [0.5, 0.6) is 0 Å². The van der Waals surface area contributed by atoms with Crippen LogP contribution >= 0.6 is 0 Å². The van der Waals surface area contributed by atoms with E-state index in [9.17, 15) is 39.5 Å². The normalized spacial score (nSPS) is 18.0. The summed E-state index contributed by atoms with van der Waals surface area (Å²) in [6, 6.07) is 0. The van der Waals surface area contributed by atoms with Crippen LogP contribution in [0.15, 0.2) is 0 Å². The fourth-order valence-electron chi connectivity index (χ4n) is 1.02. The van der Waals surface area contributed by atoms with Crippen LogP contribution in [-0.2, 0) is 0 Å². The highest BCUT2D eigenvalue weighted by Crippen LogP contribution is 2.40. The van der Waals surface area contributed by atoms with Crippen molar-refractivity contribution in [3.8, 4) is 0 Å². The van der Waals surface area contributed by atoms with Gasteiger partial charge >= 0.3 is 18.5 Å². The maximum atomic E-state index is 12.0. The summed E-state index contributed by atoms with van der Waals surface area (Å²) in [6.07, 6.45) is -24.0. The lowest BCUT2D eigenvalue weighted by Crippen LogP contribution is -2.37. The SMILES string of the molecule is OC(CC(CC(F)(F)F)C(F)(F)F)C(F)(F)F. The molecule has 0 fully saturated rings. The average Bonchev–Trinajstić information content (AvgIpc) is 1.96. The topological polar surface area (TPSA) is 20.2 Å². The van der Waals surface area contributed by atoms with Gasteiger partial charge in [0.15, 0.2) is 0 Å². The van der Waals surface area contributed by atoms with Crippen LogP contribution in [-0.4, -0.2) is 29.7 Å². The third-order valence-electron chi connectivity index (χ3n) is 1.83. The number of aliphatic hydroxyl groups excluding tert-OH is 1. The second-order valence-electron chi connectivity index (χ2n) is 3.35. The Balaban J connectivity index is 4.74. The van der Waals surface area contributed by atoms with E-state index in [2.05, 4.69) is 0 Å². The Morgan fingerprint density at radius 3 is 1.41 bits per heavy atom. The molecule has 2 atom stereocenters. The quantitative estimate of drug-likeness (QED) is 0.784. The van der Waals surface area contributed by atoms with Gasteiger partial charge in [0.1, 0.15) is 6.10 Å². The lowest BCUT2D eigenvalue weighted by atomic mass is 9.96. The van der Waals surface area contributed by atoms with Crippen LogP contribution in [0.4, 0.5) is 39.5 Å². The van der Waals surface area contributed by atoms with Gasteiger partial charge in [-0.2, -0.15) is 39.5 Å². The number of hydrogen-bond donors (Lipinski definition) is 1. The molecule has 10 heteroatoms. The Labute approximate surface area is 89.2 Å². The monoisotopic (exact) mass is 278 g/mol. The standard InChI is InChI=1S/C7H7F9O/c8-5(9,10)2-3(6(11,12)13)1-4(17)7(14,15)16/h3-4,17H,1-2H2. The van der Waals surface area contributed by atoms with E-state index in [0.717, 1.165) is 0 Å². The zero-order valence-corrected chi connectivity index (χ0v) is 7.92. The van der Waals surface area contributed by atoms with E-state index in [1.165, 1.54) is 0 Å². The number of aliphatic hydroxyl groups is 1. The first kappa shape index (κ1) is 16.3. The molecule has 0 bridgehead atoms. The molecular formula is C7H7F9O. The van der Waals surface area contributed by atoms with Gasteiger partial charge in [0, 0.05) is 0 Å². The van der Waals surface area contributed by atoms with Crippen LogP contribution in [0.3, 0.4) is 0 Å². The molecule has 0 heterocycles. The summed E-state index contributed by atoms with van der Waals surface area (Å²) in [4.78, 5) is 0. The van der Waals surface area contributed by atoms with Gasteiger partial charge in [-0.3, -0.25) is 0 Å². The van der Waals surface area contributed by atoms with Gasteiger partial charge in [-0.25, -0.2) is 0 Å². The molecule has 0 amide bonds. The van der Waals surface area contributed by atoms with Crippen LogP contribution in [0.1, 0.15) is 12.8 Å². The summed E-state index contributed by atoms with van der Waals surface area (Å²) in [5, 5.41) is 8.32. The molecule has 0 saturated carbocycles. The van der Waals surface area contributed by atoms with E-state index >= 15 is 0 Å². The molecule has 104 valence electrons. The molecule has 0 saturated heterocycles. The smallest absolute Gasteiger partial charge is 0.384 e. The number of rotatable bonds is 3. The predicted octanol–water partition coefficient (Wildman–Crippen LogP) is 3.43. The Hall–Kier alpha value is -0.670. The minimum Gasteiger partial charge on any atom is -0.384 e. The van der Waals surface area contributed by atoms with Crippen LogP contribution in [0, 0.1) is 5.92 Å². The summed E-state index contributed by atoms with van der Waals surface area (Å²) in [7, 11) is 0. The summed E-state index contributed by atoms with van der Waals surface area (Å²) >= 11 is 0. The van der Waals surface area contributed by atoms with Gasteiger partial charge in [-0.15, -0.1) is 0 Å². The van der Waals surface area contributed by atoms with E-state index < -0.39 is 43.4 Å².